The fourth-order valence-corrected chi connectivity index (χ4v) is 1.91. The Bertz CT molecular complexity index is 436. The molecule has 0 aliphatic carbocycles. The average Bonchev–Trinajstić information content (AvgIpc) is 2.25. The molecule has 0 saturated carbocycles. The Morgan fingerprint density at radius 3 is 2.87 bits per heavy atom. The zero-order valence-electron chi connectivity index (χ0n) is 8.05. The van der Waals surface area contributed by atoms with Crippen LogP contribution in [-0.4, -0.2) is 25.7 Å². The molecule has 0 aliphatic rings. The quantitative estimate of drug-likeness (QED) is 0.719. The molecule has 80 valence electrons. The third-order valence-corrected chi connectivity index (χ3v) is 3.05. The van der Waals surface area contributed by atoms with E-state index in [1.807, 2.05) is 0 Å². The Kier molecular flexibility index (Phi) is 4.21. The number of nitrogens with one attached hydrogen (secondary N) is 1. The summed E-state index contributed by atoms with van der Waals surface area (Å²) in [5.41, 5.74) is 0.722. The van der Waals surface area contributed by atoms with Gasteiger partial charge in [-0.05, 0) is 12.1 Å². The molecule has 0 spiro atoms. The highest BCUT2D eigenvalue weighted by Gasteiger charge is 2.09. The molecule has 0 atom stereocenters. The lowest BCUT2D eigenvalue weighted by Crippen LogP contribution is -2.27. The lowest BCUT2D eigenvalue weighted by Gasteiger charge is -2.02. The SMILES string of the molecule is N#CCNS(=O)(=O)CCc1ccccn1. The first-order chi connectivity index (χ1) is 7.14. The minimum absolute atomic E-state index is 0.0499. The number of aromatic nitrogens is 1. The molecule has 0 aromatic carbocycles. The monoisotopic (exact) mass is 225 g/mol. The highest BCUT2D eigenvalue weighted by molar-refractivity contribution is 7.89. The van der Waals surface area contributed by atoms with E-state index in [9.17, 15) is 8.42 Å². The molecule has 1 aromatic rings. The van der Waals surface area contributed by atoms with Gasteiger partial charge in [0.2, 0.25) is 10.0 Å². The maximum Gasteiger partial charge on any atom is 0.212 e. The molecular weight excluding hydrogens is 214 g/mol. The summed E-state index contributed by atoms with van der Waals surface area (Å²) in [6, 6.07) is 7.05. The standard InChI is InChI=1S/C9H11N3O2S/c10-5-7-12-15(13,14)8-4-9-3-1-2-6-11-9/h1-3,6,12H,4,7-8H2. The van der Waals surface area contributed by atoms with Crippen molar-refractivity contribution >= 4 is 10.0 Å². The van der Waals surface area contributed by atoms with E-state index in [4.69, 9.17) is 5.26 Å². The number of nitrogens with zero attached hydrogens (tertiary/aromatic N) is 2. The number of hydrogen-bond donors (Lipinski definition) is 1. The number of hydrogen-bond acceptors (Lipinski definition) is 4. The first-order valence-corrected chi connectivity index (χ1v) is 6.03. The number of nitriles is 1. The van der Waals surface area contributed by atoms with E-state index < -0.39 is 10.0 Å². The molecule has 0 fully saturated rings. The molecule has 0 radical (unpaired) electrons. The predicted octanol–water partition coefficient (Wildman–Crippen LogP) is 0.0671. The molecule has 0 unspecified atom stereocenters. The molecule has 0 bridgehead atoms. The van der Waals surface area contributed by atoms with E-state index >= 15 is 0 Å². The van der Waals surface area contributed by atoms with Crippen molar-refractivity contribution in [2.45, 2.75) is 6.42 Å². The van der Waals surface area contributed by atoms with Crippen LogP contribution in [0.4, 0.5) is 0 Å². The molecule has 0 amide bonds. The van der Waals surface area contributed by atoms with Gasteiger partial charge in [-0.1, -0.05) is 6.07 Å². The van der Waals surface area contributed by atoms with E-state index in [1.165, 1.54) is 0 Å². The summed E-state index contributed by atoms with van der Waals surface area (Å²) in [5.74, 6) is -0.0499. The first kappa shape index (κ1) is 11.6. The third kappa shape index (κ3) is 4.54. The van der Waals surface area contributed by atoms with E-state index in [0.29, 0.717) is 6.42 Å². The molecule has 6 heteroatoms. The van der Waals surface area contributed by atoms with Crippen LogP contribution in [0.2, 0.25) is 0 Å². The minimum atomic E-state index is -3.35. The average molecular weight is 225 g/mol. The Balaban J connectivity index is 2.47. The Morgan fingerprint density at radius 1 is 1.47 bits per heavy atom. The summed E-state index contributed by atoms with van der Waals surface area (Å²) in [6.07, 6.45) is 1.96. The van der Waals surface area contributed by atoms with Crippen LogP contribution in [0.5, 0.6) is 0 Å². The van der Waals surface area contributed by atoms with Crippen molar-refractivity contribution in [2.24, 2.45) is 0 Å². The summed E-state index contributed by atoms with van der Waals surface area (Å²) in [4.78, 5) is 4.00. The van der Waals surface area contributed by atoms with Crippen molar-refractivity contribution in [3.63, 3.8) is 0 Å². The van der Waals surface area contributed by atoms with Gasteiger partial charge in [-0.15, -0.1) is 0 Å². The lowest BCUT2D eigenvalue weighted by molar-refractivity contribution is 0.585. The van der Waals surface area contributed by atoms with Gasteiger partial charge in [-0.3, -0.25) is 4.98 Å². The summed E-state index contributed by atoms with van der Waals surface area (Å²) in [7, 11) is -3.35. The fourth-order valence-electron chi connectivity index (χ4n) is 0.999. The van der Waals surface area contributed by atoms with Crippen LogP contribution in [-0.2, 0) is 16.4 Å². The van der Waals surface area contributed by atoms with Crippen LogP contribution >= 0.6 is 0 Å². The summed E-state index contributed by atoms with van der Waals surface area (Å²) < 4.78 is 24.7. The molecule has 1 aromatic heterocycles. The van der Waals surface area contributed by atoms with Crippen molar-refractivity contribution in [2.75, 3.05) is 12.3 Å². The molecule has 5 nitrogen and oxygen atoms in total. The van der Waals surface area contributed by atoms with E-state index in [-0.39, 0.29) is 12.3 Å². The van der Waals surface area contributed by atoms with Crippen LogP contribution < -0.4 is 4.72 Å². The maximum atomic E-state index is 11.3. The Morgan fingerprint density at radius 2 is 2.27 bits per heavy atom. The van der Waals surface area contributed by atoms with Gasteiger partial charge in [-0.25, -0.2) is 13.1 Å². The molecule has 1 rings (SSSR count). The molecular formula is C9H11N3O2S. The summed E-state index contributed by atoms with van der Waals surface area (Å²) in [5, 5.41) is 8.23. The van der Waals surface area contributed by atoms with Gasteiger partial charge in [0.25, 0.3) is 0 Å². The van der Waals surface area contributed by atoms with Crippen LogP contribution in [0.25, 0.3) is 0 Å². The van der Waals surface area contributed by atoms with Gasteiger partial charge in [-0.2, -0.15) is 5.26 Å². The second-order valence-electron chi connectivity index (χ2n) is 2.87. The van der Waals surface area contributed by atoms with Gasteiger partial charge in [0.05, 0.1) is 18.4 Å². The Hall–Kier alpha value is -1.45. The highest BCUT2D eigenvalue weighted by atomic mass is 32.2. The Labute approximate surface area is 88.8 Å². The zero-order chi connectivity index (χ0) is 11.1. The van der Waals surface area contributed by atoms with Crippen LogP contribution in [0.3, 0.4) is 0 Å². The first-order valence-electron chi connectivity index (χ1n) is 4.38. The van der Waals surface area contributed by atoms with E-state index in [0.717, 1.165) is 5.69 Å². The number of aryl methyl sites for hydroxylation is 1. The zero-order valence-corrected chi connectivity index (χ0v) is 8.87. The number of pyridine rings is 1. The van der Waals surface area contributed by atoms with E-state index in [1.54, 1.807) is 30.5 Å². The van der Waals surface area contributed by atoms with E-state index in [2.05, 4.69) is 9.71 Å². The minimum Gasteiger partial charge on any atom is -0.261 e. The van der Waals surface area contributed by atoms with Crippen LogP contribution in [0.1, 0.15) is 5.69 Å². The highest BCUT2D eigenvalue weighted by Crippen LogP contribution is 1.97. The van der Waals surface area contributed by atoms with Gasteiger partial charge in [0.15, 0.2) is 0 Å². The fraction of sp³-hybridized carbons (Fsp3) is 0.333. The lowest BCUT2D eigenvalue weighted by atomic mass is 10.3. The normalized spacial score (nSPS) is 10.9. The van der Waals surface area contributed by atoms with Crippen LogP contribution in [0, 0.1) is 11.3 Å². The second kappa shape index (κ2) is 5.44. The van der Waals surface area contributed by atoms with Gasteiger partial charge in [0, 0.05) is 18.3 Å². The summed E-state index contributed by atoms with van der Waals surface area (Å²) >= 11 is 0. The third-order valence-electron chi connectivity index (χ3n) is 1.72. The van der Waals surface area contributed by atoms with Crippen LogP contribution in [0.15, 0.2) is 24.4 Å². The molecule has 0 saturated heterocycles. The van der Waals surface area contributed by atoms with Crippen molar-refractivity contribution < 1.29 is 8.42 Å². The van der Waals surface area contributed by atoms with Crippen molar-refractivity contribution in [1.82, 2.24) is 9.71 Å². The van der Waals surface area contributed by atoms with Gasteiger partial charge >= 0.3 is 0 Å². The number of sulfonamides is 1. The molecule has 0 aliphatic heterocycles. The van der Waals surface area contributed by atoms with Crippen molar-refractivity contribution in [3.05, 3.63) is 30.1 Å². The number of rotatable bonds is 5. The van der Waals surface area contributed by atoms with Crippen molar-refractivity contribution in [3.8, 4) is 6.07 Å². The topological polar surface area (TPSA) is 82.9 Å². The van der Waals surface area contributed by atoms with Gasteiger partial charge in [0.1, 0.15) is 0 Å². The second-order valence-corrected chi connectivity index (χ2v) is 4.80. The molecule has 1 heterocycles. The summed E-state index contributed by atoms with van der Waals surface area (Å²) in [6.45, 7) is -0.190. The maximum absolute atomic E-state index is 11.3. The van der Waals surface area contributed by atoms with Crippen molar-refractivity contribution in [1.29, 1.82) is 5.26 Å². The van der Waals surface area contributed by atoms with Gasteiger partial charge < -0.3 is 0 Å². The smallest absolute Gasteiger partial charge is 0.212 e. The molecule has 1 N–H and O–H groups in total. The predicted molar refractivity (Wildman–Crippen MR) is 55.3 cm³/mol. The molecule has 15 heavy (non-hydrogen) atoms. The largest absolute Gasteiger partial charge is 0.261 e.